The highest BCUT2D eigenvalue weighted by molar-refractivity contribution is 5.94. The Bertz CT molecular complexity index is 3500. The molecule has 0 atom stereocenters. The maximum absolute atomic E-state index is 9.58. The van der Waals surface area contributed by atoms with Crippen LogP contribution in [0.2, 0.25) is 0 Å². The number of nitrogens with zero attached hydrogens (tertiary/aromatic N) is 7. The second-order valence-corrected chi connectivity index (χ2v) is 16.2. The molecule has 7 heteroatoms. The van der Waals surface area contributed by atoms with Crippen molar-refractivity contribution in [2.24, 2.45) is 0 Å². The average Bonchev–Trinajstić information content (AvgIpc) is 3.43. The van der Waals surface area contributed by atoms with E-state index in [0.717, 1.165) is 77.9 Å². The van der Waals surface area contributed by atoms with Crippen LogP contribution < -0.4 is 0 Å². The molecule has 318 valence electrons. The van der Waals surface area contributed by atoms with Crippen LogP contribution in [0, 0.1) is 11.3 Å². The van der Waals surface area contributed by atoms with Crippen molar-refractivity contribution in [3.63, 3.8) is 0 Å². The standard InChI is InChI=1S/C61H39N7/c62-40-41-31-33-42(34-32-41)47-35-36-54(55(39-47)49-26-16-28-51(38-49)61-67-58(45-21-9-3-10-22-45)64-59(68-61)46-23-11-4-12-24-46)53-30-14-13-29-52(53)48-25-15-27-50(37-48)60-65-56(43-17-5-1-6-18-43)63-57(66-60)44-19-7-2-8-20-44/h1-39H. The third-order valence-corrected chi connectivity index (χ3v) is 11.8. The predicted octanol–water partition coefficient (Wildman–Crippen LogP) is 14.6. The lowest BCUT2D eigenvalue weighted by molar-refractivity contribution is 1.07. The van der Waals surface area contributed by atoms with Crippen molar-refractivity contribution in [1.82, 2.24) is 29.9 Å². The third-order valence-electron chi connectivity index (χ3n) is 11.8. The van der Waals surface area contributed by atoms with E-state index in [2.05, 4.69) is 97.1 Å². The first-order valence-corrected chi connectivity index (χ1v) is 22.3. The van der Waals surface area contributed by atoms with Gasteiger partial charge in [0.15, 0.2) is 34.9 Å². The Morgan fingerprint density at radius 2 is 0.544 bits per heavy atom. The molecule has 0 radical (unpaired) electrons. The molecular formula is C61H39N7. The van der Waals surface area contributed by atoms with E-state index >= 15 is 0 Å². The van der Waals surface area contributed by atoms with Crippen molar-refractivity contribution < 1.29 is 0 Å². The number of aromatic nitrogens is 6. The monoisotopic (exact) mass is 869 g/mol. The van der Waals surface area contributed by atoms with E-state index in [1.165, 1.54) is 0 Å². The molecule has 0 spiro atoms. The molecule has 2 aromatic heterocycles. The Balaban J connectivity index is 1.05. The molecule has 0 aliphatic rings. The van der Waals surface area contributed by atoms with E-state index in [1.54, 1.807) is 0 Å². The third kappa shape index (κ3) is 8.57. The van der Waals surface area contributed by atoms with Crippen LogP contribution in [0.1, 0.15) is 5.56 Å². The fourth-order valence-electron chi connectivity index (χ4n) is 8.43. The smallest absolute Gasteiger partial charge is 0.164 e. The van der Waals surface area contributed by atoms with E-state index in [4.69, 9.17) is 29.9 Å². The van der Waals surface area contributed by atoms with Gasteiger partial charge in [-0.1, -0.05) is 206 Å². The van der Waals surface area contributed by atoms with Crippen LogP contribution in [0.15, 0.2) is 237 Å². The van der Waals surface area contributed by atoms with Gasteiger partial charge < -0.3 is 0 Å². The lowest BCUT2D eigenvalue weighted by atomic mass is 9.87. The molecule has 0 saturated carbocycles. The molecule has 0 saturated heterocycles. The van der Waals surface area contributed by atoms with Crippen LogP contribution in [-0.4, -0.2) is 29.9 Å². The topological polar surface area (TPSA) is 101 Å². The molecular weight excluding hydrogens is 831 g/mol. The molecule has 0 amide bonds. The van der Waals surface area contributed by atoms with Gasteiger partial charge in [-0.3, -0.25) is 0 Å². The van der Waals surface area contributed by atoms with Gasteiger partial charge in [0.2, 0.25) is 0 Å². The largest absolute Gasteiger partial charge is 0.208 e. The van der Waals surface area contributed by atoms with Crippen molar-refractivity contribution >= 4 is 0 Å². The Hall–Kier alpha value is -9.51. The quantitative estimate of drug-likeness (QED) is 0.135. The molecule has 68 heavy (non-hydrogen) atoms. The second-order valence-electron chi connectivity index (χ2n) is 16.2. The molecule has 0 bridgehead atoms. The van der Waals surface area contributed by atoms with Crippen molar-refractivity contribution in [2.75, 3.05) is 0 Å². The van der Waals surface area contributed by atoms with E-state index < -0.39 is 0 Å². The van der Waals surface area contributed by atoms with Crippen LogP contribution >= 0.6 is 0 Å². The highest BCUT2D eigenvalue weighted by atomic mass is 15.0. The Morgan fingerprint density at radius 3 is 0.971 bits per heavy atom. The Morgan fingerprint density at radius 1 is 0.221 bits per heavy atom. The summed E-state index contributed by atoms with van der Waals surface area (Å²) >= 11 is 0. The van der Waals surface area contributed by atoms with E-state index in [9.17, 15) is 5.26 Å². The van der Waals surface area contributed by atoms with Crippen molar-refractivity contribution in [3.8, 4) is 119 Å². The zero-order valence-corrected chi connectivity index (χ0v) is 36.6. The van der Waals surface area contributed by atoms with Gasteiger partial charge in [0, 0.05) is 33.4 Å². The number of benzene rings is 9. The molecule has 11 aromatic rings. The van der Waals surface area contributed by atoms with Gasteiger partial charge >= 0.3 is 0 Å². The van der Waals surface area contributed by atoms with Crippen LogP contribution in [0.5, 0.6) is 0 Å². The highest BCUT2D eigenvalue weighted by Gasteiger charge is 2.19. The van der Waals surface area contributed by atoms with Crippen LogP contribution in [-0.2, 0) is 0 Å². The van der Waals surface area contributed by atoms with Gasteiger partial charge in [-0.15, -0.1) is 0 Å². The molecule has 0 aliphatic carbocycles. The molecule has 0 aliphatic heterocycles. The summed E-state index contributed by atoms with van der Waals surface area (Å²) in [4.78, 5) is 30.1. The average molecular weight is 870 g/mol. The molecule has 0 N–H and O–H groups in total. The molecule has 11 rings (SSSR count). The SMILES string of the molecule is N#Cc1ccc(-c2ccc(-c3ccccc3-c3cccc(-c4nc(-c5ccccc5)nc(-c5ccccc5)n4)c3)c(-c3cccc(-c4nc(-c5ccccc5)nc(-c5ccccc5)n4)c3)c2)cc1. The summed E-state index contributed by atoms with van der Waals surface area (Å²) in [5, 5.41) is 9.58. The molecule has 0 unspecified atom stereocenters. The van der Waals surface area contributed by atoms with Gasteiger partial charge in [-0.25, -0.2) is 29.9 Å². The van der Waals surface area contributed by atoms with Crippen LogP contribution in [0.3, 0.4) is 0 Å². The molecule has 9 aromatic carbocycles. The lowest BCUT2D eigenvalue weighted by Crippen LogP contribution is -2.00. The summed E-state index contributed by atoms with van der Waals surface area (Å²) in [6.45, 7) is 0. The minimum atomic E-state index is 0.575. The molecule has 7 nitrogen and oxygen atoms in total. The zero-order valence-electron chi connectivity index (χ0n) is 36.6. The fraction of sp³-hybridized carbons (Fsp3) is 0. The first-order chi connectivity index (χ1) is 33.6. The predicted molar refractivity (Wildman–Crippen MR) is 272 cm³/mol. The summed E-state index contributed by atoms with van der Waals surface area (Å²) < 4.78 is 0. The van der Waals surface area contributed by atoms with Gasteiger partial charge in [0.1, 0.15) is 0 Å². The first-order valence-electron chi connectivity index (χ1n) is 22.3. The summed E-state index contributed by atoms with van der Waals surface area (Å²) in [6.07, 6.45) is 0. The lowest BCUT2D eigenvalue weighted by Gasteiger charge is -2.17. The number of rotatable bonds is 10. The summed E-state index contributed by atoms with van der Waals surface area (Å²) in [7, 11) is 0. The van der Waals surface area contributed by atoms with Crippen molar-refractivity contribution in [3.05, 3.63) is 242 Å². The zero-order chi connectivity index (χ0) is 45.7. The fourth-order valence-corrected chi connectivity index (χ4v) is 8.43. The maximum Gasteiger partial charge on any atom is 0.164 e. The minimum absolute atomic E-state index is 0.575. The second kappa shape index (κ2) is 18.5. The van der Waals surface area contributed by atoms with Crippen molar-refractivity contribution in [2.45, 2.75) is 0 Å². The van der Waals surface area contributed by atoms with E-state index in [1.807, 2.05) is 146 Å². The number of hydrogen-bond acceptors (Lipinski definition) is 7. The minimum Gasteiger partial charge on any atom is -0.208 e. The highest BCUT2D eigenvalue weighted by Crippen LogP contribution is 2.42. The van der Waals surface area contributed by atoms with E-state index in [0.29, 0.717) is 40.5 Å². The number of hydrogen-bond donors (Lipinski definition) is 0. The van der Waals surface area contributed by atoms with Crippen LogP contribution in [0.25, 0.3) is 113 Å². The number of nitriles is 1. The maximum atomic E-state index is 9.58. The van der Waals surface area contributed by atoms with Crippen LogP contribution in [0.4, 0.5) is 0 Å². The van der Waals surface area contributed by atoms with Crippen molar-refractivity contribution in [1.29, 1.82) is 5.26 Å². The Labute approximate surface area is 394 Å². The summed E-state index contributed by atoms with van der Waals surface area (Å²) in [6, 6.07) is 82.0. The van der Waals surface area contributed by atoms with Gasteiger partial charge in [-0.05, 0) is 74.8 Å². The van der Waals surface area contributed by atoms with Gasteiger partial charge in [0.05, 0.1) is 11.6 Å². The molecule has 2 heterocycles. The van der Waals surface area contributed by atoms with Gasteiger partial charge in [-0.2, -0.15) is 5.26 Å². The molecule has 0 fully saturated rings. The Kier molecular flexibility index (Phi) is 11.2. The first kappa shape index (κ1) is 41.2. The van der Waals surface area contributed by atoms with E-state index in [-0.39, 0.29) is 0 Å². The normalized spacial score (nSPS) is 10.9. The van der Waals surface area contributed by atoms with Gasteiger partial charge in [0.25, 0.3) is 0 Å². The summed E-state index contributed by atoms with van der Waals surface area (Å²) in [5.74, 6) is 3.59. The summed E-state index contributed by atoms with van der Waals surface area (Å²) in [5.41, 5.74) is 14.2.